The molecule has 136 valence electrons. The Morgan fingerprint density at radius 1 is 1.07 bits per heavy atom. The van der Waals surface area contributed by atoms with E-state index >= 15 is 0 Å². The van der Waals surface area contributed by atoms with Gasteiger partial charge in [0.1, 0.15) is 11.6 Å². The molecule has 1 aliphatic carbocycles. The lowest BCUT2D eigenvalue weighted by atomic mass is 9.82. The first kappa shape index (κ1) is 17.1. The quantitative estimate of drug-likeness (QED) is 0.749. The highest BCUT2D eigenvalue weighted by Crippen LogP contribution is 2.32. The van der Waals surface area contributed by atoms with Crippen molar-refractivity contribution in [2.45, 2.75) is 18.8 Å². The van der Waals surface area contributed by atoms with Gasteiger partial charge in [0.2, 0.25) is 5.95 Å². The Kier molecular flexibility index (Phi) is 4.54. The Balaban J connectivity index is 1.57. The van der Waals surface area contributed by atoms with Crippen LogP contribution in [0.5, 0.6) is 5.75 Å². The normalized spacial score (nSPS) is 15.9. The predicted molar refractivity (Wildman–Crippen MR) is 100 cm³/mol. The summed E-state index contributed by atoms with van der Waals surface area (Å²) in [5, 5.41) is 3.14. The summed E-state index contributed by atoms with van der Waals surface area (Å²) in [6, 6.07) is 13.7. The van der Waals surface area contributed by atoms with E-state index in [9.17, 15) is 9.18 Å². The van der Waals surface area contributed by atoms with Crippen molar-refractivity contribution in [3.8, 4) is 5.75 Å². The maximum Gasteiger partial charge on any atom is 0.227 e. The zero-order valence-electron chi connectivity index (χ0n) is 14.8. The lowest BCUT2D eigenvalue weighted by molar-refractivity contribution is 0.0962. The fraction of sp³-hybridized carbons (Fsp3) is 0.190. The molecule has 0 fully saturated rings. The summed E-state index contributed by atoms with van der Waals surface area (Å²) in [5.41, 5.74) is 3.05. The first-order chi connectivity index (χ1) is 13.1. The predicted octanol–water partition coefficient (Wildman–Crippen LogP) is 4.28. The first-order valence-corrected chi connectivity index (χ1v) is 8.68. The number of carbonyl (C=O) groups is 1. The number of ketones is 1. The zero-order valence-corrected chi connectivity index (χ0v) is 14.8. The fourth-order valence-electron chi connectivity index (χ4n) is 3.28. The first-order valence-electron chi connectivity index (χ1n) is 8.68. The van der Waals surface area contributed by atoms with Crippen molar-refractivity contribution in [2.75, 3.05) is 12.4 Å². The molecule has 1 aliphatic rings. The van der Waals surface area contributed by atoms with Gasteiger partial charge >= 0.3 is 0 Å². The standard InChI is InChI=1S/C21H18FN3O2/c1-27-17-8-6-16(7-9-17)24-21-23-12-18-19(25-21)10-14(11-20(18)26)13-2-4-15(22)5-3-13/h2-9,12,14H,10-11H2,1H3,(H,23,24,25)/t14-/m0/s1. The van der Waals surface area contributed by atoms with E-state index in [2.05, 4.69) is 15.3 Å². The molecule has 1 aromatic heterocycles. The molecule has 1 heterocycles. The number of rotatable bonds is 4. The van der Waals surface area contributed by atoms with Crippen LogP contribution in [0.2, 0.25) is 0 Å². The van der Waals surface area contributed by atoms with Gasteiger partial charge in [-0.15, -0.1) is 0 Å². The molecule has 1 N–H and O–H groups in total. The minimum atomic E-state index is -0.283. The Hall–Kier alpha value is -3.28. The molecule has 0 spiro atoms. The molecule has 0 amide bonds. The van der Waals surface area contributed by atoms with Gasteiger partial charge in [-0.1, -0.05) is 12.1 Å². The maximum absolute atomic E-state index is 13.2. The molecule has 0 bridgehead atoms. The molecule has 27 heavy (non-hydrogen) atoms. The Morgan fingerprint density at radius 2 is 1.81 bits per heavy atom. The maximum atomic E-state index is 13.2. The molecular weight excluding hydrogens is 345 g/mol. The van der Waals surface area contributed by atoms with E-state index in [0.29, 0.717) is 30.0 Å². The van der Waals surface area contributed by atoms with Crippen molar-refractivity contribution < 1.29 is 13.9 Å². The Bertz CT molecular complexity index is 972. The topological polar surface area (TPSA) is 64.1 Å². The SMILES string of the molecule is COc1ccc(Nc2ncc3c(n2)C[C@H](c2ccc(F)cc2)CC3=O)cc1. The summed E-state index contributed by atoms with van der Waals surface area (Å²) < 4.78 is 18.3. The van der Waals surface area contributed by atoms with Crippen LogP contribution in [0.15, 0.2) is 54.7 Å². The fourth-order valence-corrected chi connectivity index (χ4v) is 3.28. The summed E-state index contributed by atoms with van der Waals surface area (Å²) in [4.78, 5) is 21.3. The van der Waals surface area contributed by atoms with Crippen LogP contribution in [0.4, 0.5) is 16.0 Å². The largest absolute Gasteiger partial charge is 0.497 e. The molecule has 1 atom stereocenters. The number of benzene rings is 2. The number of halogens is 1. The number of hydrogen-bond acceptors (Lipinski definition) is 5. The molecule has 2 aromatic carbocycles. The lowest BCUT2D eigenvalue weighted by Gasteiger charge is -2.23. The highest BCUT2D eigenvalue weighted by molar-refractivity contribution is 5.98. The number of anilines is 2. The summed E-state index contributed by atoms with van der Waals surface area (Å²) >= 11 is 0. The van der Waals surface area contributed by atoms with Crippen LogP contribution >= 0.6 is 0 Å². The van der Waals surface area contributed by atoms with Crippen LogP contribution in [0, 0.1) is 5.82 Å². The van der Waals surface area contributed by atoms with E-state index in [1.54, 1.807) is 25.4 Å². The minimum Gasteiger partial charge on any atom is -0.497 e. The molecule has 0 aliphatic heterocycles. The van der Waals surface area contributed by atoms with Gasteiger partial charge in [-0.05, 0) is 54.3 Å². The van der Waals surface area contributed by atoms with Crippen molar-refractivity contribution in [2.24, 2.45) is 0 Å². The van der Waals surface area contributed by atoms with Gasteiger partial charge in [-0.2, -0.15) is 0 Å². The molecule has 6 heteroatoms. The molecular formula is C21H18FN3O2. The summed E-state index contributed by atoms with van der Waals surface area (Å²) in [6.07, 6.45) is 2.58. The second kappa shape index (κ2) is 7.15. The van der Waals surface area contributed by atoms with Crippen LogP contribution in [0.25, 0.3) is 0 Å². The summed E-state index contributed by atoms with van der Waals surface area (Å²) in [7, 11) is 1.61. The second-order valence-electron chi connectivity index (χ2n) is 6.49. The number of ether oxygens (including phenoxy) is 1. The van der Waals surface area contributed by atoms with Gasteiger partial charge < -0.3 is 10.1 Å². The molecule has 0 radical (unpaired) electrons. The average molecular weight is 363 g/mol. The molecule has 4 rings (SSSR count). The number of carbonyl (C=O) groups excluding carboxylic acids is 1. The van der Waals surface area contributed by atoms with Crippen molar-refractivity contribution in [3.63, 3.8) is 0 Å². The number of hydrogen-bond donors (Lipinski definition) is 1. The van der Waals surface area contributed by atoms with E-state index in [0.717, 1.165) is 17.0 Å². The smallest absolute Gasteiger partial charge is 0.227 e. The van der Waals surface area contributed by atoms with Crippen molar-refractivity contribution in [1.82, 2.24) is 9.97 Å². The molecule has 0 saturated carbocycles. The van der Waals surface area contributed by atoms with Gasteiger partial charge in [0.05, 0.1) is 18.4 Å². The number of nitrogens with one attached hydrogen (secondary N) is 1. The van der Waals surface area contributed by atoms with Crippen LogP contribution in [0.3, 0.4) is 0 Å². The van der Waals surface area contributed by atoms with E-state index in [1.165, 1.54) is 12.1 Å². The lowest BCUT2D eigenvalue weighted by Crippen LogP contribution is -2.21. The number of methoxy groups -OCH3 is 1. The van der Waals surface area contributed by atoms with Crippen molar-refractivity contribution in [1.29, 1.82) is 0 Å². The molecule has 0 saturated heterocycles. The highest BCUT2D eigenvalue weighted by atomic mass is 19.1. The molecule has 5 nitrogen and oxygen atoms in total. The van der Waals surface area contributed by atoms with Gasteiger partial charge in [-0.3, -0.25) is 4.79 Å². The van der Waals surface area contributed by atoms with Crippen LogP contribution < -0.4 is 10.1 Å². The van der Waals surface area contributed by atoms with Gasteiger partial charge in [0.25, 0.3) is 0 Å². The number of aromatic nitrogens is 2. The van der Waals surface area contributed by atoms with Gasteiger partial charge in [-0.25, -0.2) is 14.4 Å². The number of nitrogens with zero attached hydrogens (tertiary/aromatic N) is 2. The van der Waals surface area contributed by atoms with Crippen LogP contribution in [-0.4, -0.2) is 22.9 Å². The van der Waals surface area contributed by atoms with E-state index in [1.807, 2.05) is 24.3 Å². The second-order valence-corrected chi connectivity index (χ2v) is 6.49. The average Bonchev–Trinajstić information content (AvgIpc) is 2.69. The van der Waals surface area contributed by atoms with Crippen molar-refractivity contribution in [3.05, 3.63) is 77.4 Å². The zero-order chi connectivity index (χ0) is 18.8. The molecule has 3 aromatic rings. The van der Waals surface area contributed by atoms with E-state index in [4.69, 9.17) is 4.74 Å². The third kappa shape index (κ3) is 3.65. The van der Waals surface area contributed by atoms with Gasteiger partial charge in [0.15, 0.2) is 5.78 Å². The van der Waals surface area contributed by atoms with Gasteiger partial charge in [0, 0.05) is 18.3 Å². The van der Waals surface area contributed by atoms with E-state index in [-0.39, 0.29) is 17.5 Å². The third-order valence-corrected chi connectivity index (χ3v) is 4.73. The monoisotopic (exact) mass is 363 g/mol. The third-order valence-electron chi connectivity index (χ3n) is 4.73. The number of Topliss-reactive ketones (excluding diaryl/α,β-unsaturated/α-hetero) is 1. The van der Waals surface area contributed by atoms with Crippen LogP contribution in [-0.2, 0) is 6.42 Å². The minimum absolute atomic E-state index is 0.00524. The van der Waals surface area contributed by atoms with E-state index < -0.39 is 0 Å². The summed E-state index contributed by atoms with van der Waals surface area (Å²) in [6.45, 7) is 0. The Morgan fingerprint density at radius 3 is 2.52 bits per heavy atom. The Labute approximate surface area is 156 Å². The number of fused-ring (bicyclic) bond motifs is 1. The summed E-state index contributed by atoms with van der Waals surface area (Å²) in [5.74, 6) is 0.927. The van der Waals surface area contributed by atoms with Crippen LogP contribution in [0.1, 0.15) is 34.0 Å². The highest BCUT2D eigenvalue weighted by Gasteiger charge is 2.28. The molecule has 0 unspecified atom stereocenters. The van der Waals surface area contributed by atoms with Crippen molar-refractivity contribution >= 4 is 17.4 Å².